The molecule has 0 amide bonds. The first-order valence-electron chi connectivity index (χ1n) is 6.07. The van der Waals surface area contributed by atoms with Crippen LogP contribution in [0.2, 0.25) is 0 Å². The Balaban J connectivity index is 2.84. The molecule has 2 aromatic rings. The molecule has 24 heavy (non-hydrogen) atoms. The Hall–Kier alpha value is -3.03. The van der Waals surface area contributed by atoms with Crippen LogP contribution in [-0.2, 0) is 12.4 Å². The van der Waals surface area contributed by atoms with Gasteiger partial charge in [0.15, 0.2) is 0 Å². The first-order chi connectivity index (χ1) is 10.9. The number of nitriles is 1. The normalized spacial score (nSPS) is 12.0. The maximum Gasteiger partial charge on any atom is 0.417 e. The predicted molar refractivity (Wildman–Crippen MR) is 71.0 cm³/mol. The number of anilines is 2. The number of hydrogen-bond donors (Lipinski definition) is 2. The van der Waals surface area contributed by atoms with Crippen LogP contribution < -0.4 is 11.5 Å². The molecule has 0 bridgehead atoms. The smallest absolute Gasteiger partial charge is 0.382 e. The van der Waals surface area contributed by atoms with Gasteiger partial charge >= 0.3 is 12.4 Å². The lowest BCUT2D eigenvalue weighted by atomic mass is 9.98. The number of benzene rings is 1. The van der Waals surface area contributed by atoms with E-state index in [2.05, 4.69) is 9.97 Å². The summed E-state index contributed by atoms with van der Waals surface area (Å²) in [5, 5.41) is 9.02. The van der Waals surface area contributed by atoms with E-state index in [0.29, 0.717) is 12.1 Å². The van der Waals surface area contributed by atoms with Crippen molar-refractivity contribution in [1.82, 2.24) is 9.97 Å². The fraction of sp³-hybridized carbons (Fsp3) is 0.154. The van der Waals surface area contributed by atoms with Crippen molar-refractivity contribution in [2.75, 3.05) is 11.5 Å². The molecule has 0 atom stereocenters. The van der Waals surface area contributed by atoms with E-state index in [-0.39, 0.29) is 6.07 Å². The van der Waals surface area contributed by atoms with Gasteiger partial charge in [0.05, 0.1) is 16.8 Å². The van der Waals surface area contributed by atoms with Crippen LogP contribution in [0.1, 0.15) is 16.7 Å². The topological polar surface area (TPSA) is 102 Å². The highest BCUT2D eigenvalue weighted by atomic mass is 19.4. The molecular formula is C13H7F6N5. The largest absolute Gasteiger partial charge is 0.417 e. The van der Waals surface area contributed by atoms with E-state index in [4.69, 9.17) is 16.7 Å². The van der Waals surface area contributed by atoms with Crippen LogP contribution in [0.25, 0.3) is 11.3 Å². The van der Waals surface area contributed by atoms with Crippen LogP contribution in [0, 0.1) is 11.3 Å². The molecule has 0 aliphatic heterocycles. The van der Waals surface area contributed by atoms with Crippen LogP contribution in [0.5, 0.6) is 0 Å². The molecule has 0 unspecified atom stereocenters. The molecule has 0 aliphatic carbocycles. The van der Waals surface area contributed by atoms with E-state index in [9.17, 15) is 26.3 Å². The molecular weight excluding hydrogens is 340 g/mol. The van der Waals surface area contributed by atoms with Gasteiger partial charge in [0.2, 0.25) is 5.95 Å². The Morgan fingerprint density at radius 1 is 0.958 bits per heavy atom. The summed E-state index contributed by atoms with van der Waals surface area (Å²) < 4.78 is 77.6. The minimum Gasteiger partial charge on any atom is -0.382 e. The fourth-order valence-electron chi connectivity index (χ4n) is 1.96. The summed E-state index contributed by atoms with van der Waals surface area (Å²) in [6.45, 7) is 0. The molecule has 5 nitrogen and oxygen atoms in total. The van der Waals surface area contributed by atoms with Crippen molar-refractivity contribution in [1.29, 1.82) is 5.26 Å². The lowest BCUT2D eigenvalue weighted by Crippen LogP contribution is -2.13. The van der Waals surface area contributed by atoms with E-state index in [0.717, 1.165) is 0 Å². The number of rotatable bonds is 1. The molecule has 0 saturated carbocycles. The first kappa shape index (κ1) is 17.3. The molecule has 11 heteroatoms. The molecule has 126 valence electrons. The standard InChI is InChI=1S/C13H7F6N5/c14-12(15,16)5-1-2-6(8(3-5)13(17,18)19)9-7(4-20)10(21)24-11(22)23-9/h1-3H,(H4,21,22,23,24). The van der Waals surface area contributed by atoms with Gasteiger partial charge in [0.25, 0.3) is 0 Å². The molecule has 2 rings (SSSR count). The maximum atomic E-state index is 13.2. The summed E-state index contributed by atoms with van der Waals surface area (Å²) >= 11 is 0. The molecule has 1 heterocycles. The minimum atomic E-state index is -5.13. The van der Waals surface area contributed by atoms with Gasteiger partial charge in [0, 0.05) is 5.56 Å². The van der Waals surface area contributed by atoms with Gasteiger partial charge in [-0.1, -0.05) is 6.07 Å². The van der Waals surface area contributed by atoms with Crippen molar-refractivity contribution in [3.63, 3.8) is 0 Å². The van der Waals surface area contributed by atoms with Crippen LogP contribution >= 0.6 is 0 Å². The van der Waals surface area contributed by atoms with Gasteiger partial charge in [-0.05, 0) is 12.1 Å². The third-order valence-electron chi connectivity index (χ3n) is 2.97. The second kappa shape index (κ2) is 5.55. The molecule has 0 spiro atoms. The molecule has 1 aromatic heterocycles. The zero-order valence-corrected chi connectivity index (χ0v) is 11.5. The van der Waals surface area contributed by atoms with Crippen molar-refractivity contribution in [3.8, 4) is 17.3 Å². The Labute approximate surface area is 130 Å². The second-order valence-electron chi connectivity index (χ2n) is 4.56. The van der Waals surface area contributed by atoms with Crippen molar-refractivity contribution in [3.05, 3.63) is 34.9 Å². The van der Waals surface area contributed by atoms with Crippen LogP contribution in [0.4, 0.5) is 38.1 Å². The predicted octanol–water partition coefficient (Wildman–Crippen LogP) is 3.22. The van der Waals surface area contributed by atoms with Gasteiger partial charge in [-0.2, -0.15) is 36.6 Å². The number of nitrogen functional groups attached to an aromatic ring is 2. The molecule has 0 fully saturated rings. The van der Waals surface area contributed by atoms with E-state index in [1.165, 1.54) is 6.07 Å². The number of hydrogen-bond acceptors (Lipinski definition) is 5. The Morgan fingerprint density at radius 2 is 1.58 bits per heavy atom. The molecule has 4 N–H and O–H groups in total. The fourth-order valence-corrected chi connectivity index (χ4v) is 1.96. The number of aromatic nitrogens is 2. The zero-order valence-electron chi connectivity index (χ0n) is 11.5. The van der Waals surface area contributed by atoms with Crippen molar-refractivity contribution in [2.45, 2.75) is 12.4 Å². The number of nitrogens with two attached hydrogens (primary N) is 2. The molecule has 0 radical (unpaired) electrons. The third-order valence-corrected chi connectivity index (χ3v) is 2.97. The Kier molecular flexibility index (Phi) is 4.01. The van der Waals surface area contributed by atoms with E-state index in [1.54, 1.807) is 0 Å². The lowest BCUT2D eigenvalue weighted by Gasteiger charge is -2.16. The molecule has 1 aromatic carbocycles. The lowest BCUT2D eigenvalue weighted by molar-refractivity contribution is -0.142. The second-order valence-corrected chi connectivity index (χ2v) is 4.56. The van der Waals surface area contributed by atoms with Gasteiger partial charge in [0.1, 0.15) is 17.5 Å². The average Bonchev–Trinajstić information content (AvgIpc) is 2.44. The number of nitrogens with zero attached hydrogens (tertiary/aromatic N) is 3. The summed E-state index contributed by atoms with van der Waals surface area (Å²) in [5.74, 6) is -0.998. The monoisotopic (exact) mass is 347 g/mol. The van der Waals surface area contributed by atoms with E-state index >= 15 is 0 Å². The van der Waals surface area contributed by atoms with Gasteiger partial charge < -0.3 is 11.5 Å². The highest BCUT2D eigenvalue weighted by Gasteiger charge is 2.39. The van der Waals surface area contributed by atoms with Crippen LogP contribution in [0.15, 0.2) is 18.2 Å². The van der Waals surface area contributed by atoms with Gasteiger partial charge in [-0.15, -0.1) is 0 Å². The van der Waals surface area contributed by atoms with Crippen molar-refractivity contribution in [2.24, 2.45) is 0 Å². The van der Waals surface area contributed by atoms with Crippen molar-refractivity contribution >= 4 is 11.8 Å². The van der Waals surface area contributed by atoms with Crippen molar-refractivity contribution < 1.29 is 26.3 Å². The highest BCUT2D eigenvalue weighted by molar-refractivity contribution is 5.76. The van der Waals surface area contributed by atoms with E-state index < -0.39 is 52.1 Å². The minimum absolute atomic E-state index is 0.0645. The zero-order chi connectivity index (χ0) is 18.3. The summed E-state index contributed by atoms with van der Waals surface area (Å²) in [4.78, 5) is 6.96. The summed E-state index contributed by atoms with van der Waals surface area (Å²) in [7, 11) is 0. The number of alkyl halides is 6. The Morgan fingerprint density at radius 3 is 2.08 bits per heavy atom. The Bertz CT molecular complexity index is 834. The van der Waals surface area contributed by atoms with E-state index in [1.807, 2.05) is 0 Å². The van der Waals surface area contributed by atoms with Gasteiger partial charge in [-0.25, -0.2) is 4.98 Å². The van der Waals surface area contributed by atoms with Crippen LogP contribution in [0.3, 0.4) is 0 Å². The number of halogens is 6. The third kappa shape index (κ3) is 3.17. The quantitative estimate of drug-likeness (QED) is 0.771. The first-order valence-corrected chi connectivity index (χ1v) is 6.07. The maximum absolute atomic E-state index is 13.2. The summed E-state index contributed by atoms with van der Waals surface area (Å²) in [6.07, 6.45) is -10.1. The molecule has 0 saturated heterocycles. The molecule has 0 aliphatic rings. The summed E-state index contributed by atoms with van der Waals surface area (Å²) in [6, 6.07) is 2.46. The van der Waals surface area contributed by atoms with Crippen LogP contribution in [-0.4, -0.2) is 9.97 Å². The highest BCUT2D eigenvalue weighted by Crippen LogP contribution is 2.41. The average molecular weight is 347 g/mol. The SMILES string of the molecule is N#Cc1c(N)nc(N)nc1-c1ccc(C(F)(F)F)cc1C(F)(F)F. The van der Waals surface area contributed by atoms with Gasteiger partial charge in [-0.3, -0.25) is 0 Å². The summed E-state index contributed by atoms with van der Waals surface area (Å²) in [5.41, 5.74) is 5.74.